The molecule has 0 saturated heterocycles. The van der Waals surface area contributed by atoms with Crippen LogP contribution in [0.25, 0.3) is 0 Å². The highest BCUT2D eigenvalue weighted by atomic mass is 32.1. The van der Waals surface area contributed by atoms with E-state index in [4.69, 9.17) is 5.73 Å². The Morgan fingerprint density at radius 1 is 1.90 bits per heavy atom. The summed E-state index contributed by atoms with van der Waals surface area (Å²) in [5.41, 5.74) is 7.10. The SMILES string of the molecule is C=C(N)Cc1csc(C)n1. The van der Waals surface area contributed by atoms with Crippen LogP contribution in [0, 0.1) is 6.92 Å². The molecular formula is C7H10N2S. The molecule has 10 heavy (non-hydrogen) atoms. The van der Waals surface area contributed by atoms with Crippen LogP contribution < -0.4 is 5.73 Å². The minimum absolute atomic E-state index is 0.672. The Morgan fingerprint density at radius 3 is 3.00 bits per heavy atom. The van der Waals surface area contributed by atoms with Crippen molar-refractivity contribution in [3.63, 3.8) is 0 Å². The topological polar surface area (TPSA) is 38.9 Å². The number of thiazole rings is 1. The quantitative estimate of drug-likeness (QED) is 0.700. The number of nitrogens with zero attached hydrogens (tertiary/aromatic N) is 1. The summed E-state index contributed by atoms with van der Waals surface area (Å²) in [4.78, 5) is 4.23. The minimum atomic E-state index is 0.672. The molecule has 0 aliphatic carbocycles. The molecule has 0 aliphatic rings. The lowest BCUT2D eigenvalue weighted by Crippen LogP contribution is -1.98. The molecule has 1 aromatic rings. The van der Waals surface area contributed by atoms with E-state index in [0.29, 0.717) is 12.1 Å². The maximum absolute atomic E-state index is 5.40. The van der Waals surface area contributed by atoms with Gasteiger partial charge in [0.15, 0.2) is 0 Å². The van der Waals surface area contributed by atoms with Gasteiger partial charge in [0, 0.05) is 17.5 Å². The van der Waals surface area contributed by atoms with Crippen LogP contribution in [-0.4, -0.2) is 4.98 Å². The van der Waals surface area contributed by atoms with E-state index >= 15 is 0 Å². The minimum Gasteiger partial charge on any atom is -0.402 e. The van der Waals surface area contributed by atoms with Gasteiger partial charge in [-0.25, -0.2) is 4.98 Å². The molecule has 0 saturated carbocycles. The van der Waals surface area contributed by atoms with E-state index in [1.165, 1.54) is 0 Å². The van der Waals surface area contributed by atoms with Crippen LogP contribution in [0.2, 0.25) is 0 Å². The Labute approximate surface area is 64.4 Å². The van der Waals surface area contributed by atoms with Crippen molar-refractivity contribution >= 4 is 11.3 Å². The van der Waals surface area contributed by atoms with E-state index in [-0.39, 0.29) is 0 Å². The summed E-state index contributed by atoms with van der Waals surface area (Å²) in [6.07, 6.45) is 0.699. The molecule has 0 radical (unpaired) electrons. The first-order chi connectivity index (χ1) is 4.68. The second-order valence-electron chi connectivity index (χ2n) is 2.19. The zero-order chi connectivity index (χ0) is 7.56. The van der Waals surface area contributed by atoms with Gasteiger partial charge in [-0.15, -0.1) is 11.3 Å². The second-order valence-corrected chi connectivity index (χ2v) is 3.26. The van der Waals surface area contributed by atoms with Crippen LogP contribution in [-0.2, 0) is 6.42 Å². The van der Waals surface area contributed by atoms with Crippen molar-refractivity contribution in [2.45, 2.75) is 13.3 Å². The Bertz CT molecular complexity index is 240. The molecule has 0 fully saturated rings. The average Bonchev–Trinajstić information content (AvgIpc) is 2.13. The third kappa shape index (κ3) is 1.84. The lowest BCUT2D eigenvalue weighted by molar-refractivity contribution is 1.04. The largest absolute Gasteiger partial charge is 0.402 e. The molecule has 0 amide bonds. The van der Waals surface area contributed by atoms with Crippen LogP contribution in [0.4, 0.5) is 0 Å². The Kier molecular flexibility index (Phi) is 2.06. The second kappa shape index (κ2) is 2.84. The van der Waals surface area contributed by atoms with Crippen LogP contribution in [0.15, 0.2) is 17.7 Å². The number of rotatable bonds is 2. The number of hydrogen-bond donors (Lipinski definition) is 1. The van der Waals surface area contributed by atoms with E-state index in [9.17, 15) is 0 Å². The number of aryl methyl sites for hydroxylation is 1. The Morgan fingerprint density at radius 2 is 2.60 bits per heavy atom. The zero-order valence-electron chi connectivity index (χ0n) is 5.92. The predicted octanol–water partition coefficient (Wildman–Crippen LogP) is 1.47. The molecule has 1 aromatic heterocycles. The lowest BCUT2D eigenvalue weighted by Gasteiger charge is -1.91. The monoisotopic (exact) mass is 154 g/mol. The van der Waals surface area contributed by atoms with Gasteiger partial charge in [0.05, 0.1) is 10.7 Å². The number of nitrogens with two attached hydrogens (primary N) is 1. The van der Waals surface area contributed by atoms with Gasteiger partial charge in [-0.05, 0) is 6.92 Å². The van der Waals surface area contributed by atoms with Crippen molar-refractivity contribution in [2.24, 2.45) is 5.73 Å². The standard InChI is InChI=1S/C7H10N2S/c1-5(8)3-7-4-10-6(2)9-7/h4H,1,3,8H2,2H3. The first-order valence-corrected chi connectivity index (χ1v) is 3.90. The smallest absolute Gasteiger partial charge is 0.0897 e. The van der Waals surface area contributed by atoms with Gasteiger partial charge in [-0.1, -0.05) is 6.58 Å². The van der Waals surface area contributed by atoms with Crippen LogP contribution in [0.5, 0.6) is 0 Å². The van der Waals surface area contributed by atoms with Gasteiger partial charge >= 0.3 is 0 Å². The zero-order valence-corrected chi connectivity index (χ0v) is 6.74. The van der Waals surface area contributed by atoms with E-state index in [1.54, 1.807) is 11.3 Å². The maximum Gasteiger partial charge on any atom is 0.0897 e. The third-order valence-electron chi connectivity index (χ3n) is 1.07. The molecule has 0 aromatic carbocycles. The molecule has 3 heteroatoms. The van der Waals surface area contributed by atoms with Gasteiger partial charge in [0.25, 0.3) is 0 Å². The van der Waals surface area contributed by atoms with Gasteiger partial charge in [-0.3, -0.25) is 0 Å². The summed E-state index contributed by atoms with van der Waals surface area (Å²) < 4.78 is 0. The molecule has 2 N–H and O–H groups in total. The molecule has 0 atom stereocenters. The molecule has 1 rings (SSSR count). The van der Waals surface area contributed by atoms with Gasteiger partial charge in [0.1, 0.15) is 0 Å². The molecule has 0 bridgehead atoms. The summed E-state index contributed by atoms with van der Waals surface area (Å²) in [5, 5.41) is 3.09. The summed E-state index contributed by atoms with van der Waals surface area (Å²) >= 11 is 1.64. The van der Waals surface area contributed by atoms with Crippen LogP contribution >= 0.6 is 11.3 Å². The first-order valence-electron chi connectivity index (χ1n) is 3.03. The lowest BCUT2D eigenvalue weighted by atomic mass is 10.3. The maximum atomic E-state index is 5.40. The van der Waals surface area contributed by atoms with E-state index in [0.717, 1.165) is 10.7 Å². The molecule has 54 valence electrons. The average molecular weight is 154 g/mol. The molecular weight excluding hydrogens is 144 g/mol. The molecule has 1 heterocycles. The van der Waals surface area contributed by atoms with Crippen LogP contribution in [0.3, 0.4) is 0 Å². The number of allylic oxidation sites excluding steroid dienone is 1. The highest BCUT2D eigenvalue weighted by Gasteiger charge is 1.96. The highest BCUT2D eigenvalue weighted by molar-refractivity contribution is 7.09. The van der Waals surface area contributed by atoms with Crippen molar-refractivity contribution in [1.29, 1.82) is 0 Å². The Hall–Kier alpha value is -0.830. The first kappa shape index (κ1) is 7.28. The van der Waals surface area contributed by atoms with E-state index in [1.807, 2.05) is 12.3 Å². The van der Waals surface area contributed by atoms with Gasteiger partial charge in [0.2, 0.25) is 0 Å². The number of hydrogen-bond acceptors (Lipinski definition) is 3. The summed E-state index contributed by atoms with van der Waals surface area (Å²) in [6.45, 7) is 5.58. The van der Waals surface area contributed by atoms with Crippen LogP contribution in [0.1, 0.15) is 10.7 Å². The number of aromatic nitrogens is 1. The fraction of sp³-hybridized carbons (Fsp3) is 0.286. The van der Waals surface area contributed by atoms with Crippen molar-refractivity contribution in [1.82, 2.24) is 4.98 Å². The van der Waals surface area contributed by atoms with E-state index < -0.39 is 0 Å². The van der Waals surface area contributed by atoms with Gasteiger partial charge in [-0.2, -0.15) is 0 Å². The predicted molar refractivity (Wildman–Crippen MR) is 43.9 cm³/mol. The van der Waals surface area contributed by atoms with E-state index in [2.05, 4.69) is 11.6 Å². The Balaban J connectivity index is 2.67. The fourth-order valence-corrected chi connectivity index (χ4v) is 1.33. The molecule has 0 unspecified atom stereocenters. The van der Waals surface area contributed by atoms with Crippen molar-refractivity contribution in [3.8, 4) is 0 Å². The highest BCUT2D eigenvalue weighted by Crippen LogP contribution is 2.09. The molecule has 0 spiro atoms. The van der Waals surface area contributed by atoms with Crippen molar-refractivity contribution < 1.29 is 0 Å². The fourth-order valence-electron chi connectivity index (χ4n) is 0.722. The third-order valence-corrected chi connectivity index (χ3v) is 1.90. The summed E-state index contributed by atoms with van der Waals surface area (Å²) in [5.74, 6) is 0. The van der Waals surface area contributed by atoms with Gasteiger partial charge < -0.3 is 5.73 Å². The molecule has 2 nitrogen and oxygen atoms in total. The van der Waals surface area contributed by atoms with Crippen molar-refractivity contribution in [3.05, 3.63) is 28.4 Å². The van der Waals surface area contributed by atoms with Crippen molar-refractivity contribution in [2.75, 3.05) is 0 Å². The normalized spacial score (nSPS) is 9.70. The summed E-state index contributed by atoms with van der Waals surface area (Å²) in [6, 6.07) is 0. The summed E-state index contributed by atoms with van der Waals surface area (Å²) in [7, 11) is 0. The molecule has 0 aliphatic heterocycles.